The third-order valence-corrected chi connectivity index (χ3v) is 5.27. The number of hydrogen-bond acceptors (Lipinski definition) is 10. The lowest BCUT2D eigenvalue weighted by Gasteiger charge is -2.22. The van der Waals surface area contributed by atoms with Gasteiger partial charge in [-0.25, -0.2) is 19.2 Å². The molecular formula is C20H17FN6O7. The highest BCUT2D eigenvalue weighted by molar-refractivity contribution is 5.90. The Morgan fingerprint density at radius 1 is 1.29 bits per heavy atom. The Bertz CT molecular complexity index is 1250. The SMILES string of the molecule is O=C1OC(CO)CN1c1ccc(-c2cnc(OC3COc4nc([N+](=O)[O-])cn4C3)nc2)c(F)c1. The second-order valence-electron chi connectivity index (χ2n) is 7.56. The predicted octanol–water partition coefficient (Wildman–Crippen LogP) is 1.54. The van der Waals surface area contributed by atoms with Crippen LogP contribution in [0.25, 0.3) is 11.1 Å². The summed E-state index contributed by atoms with van der Waals surface area (Å²) >= 11 is 0. The number of aliphatic hydroxyl groups is 1. The Hall–Kier alpha value is -4.33. The van der Waals surface area contributed by atoms with E-state index in [4.69, 9.17) is 19.3 Å². The fourth-order valence-corrected chi connectivity index (χ4v) is 3.63. The number of aromatic nitrogens is 4. The topological polar surface area (TPSA) is 155 Å². The number of anilines is 1. The maximum Gasteiger partial charge on any atom is 0.414 e. The molecule has 2 aliphatic heterocycles. The van der Waals surface area contributed by atoms with Gasteiger partial charge < -0.3 is 29.4 Å². The van der Waals surface area contributed by atoms with Crippen LogP contribution in [0.1, 0.15) is 0 Å². The molecule has 3 aromatic rings. The molecule has 34 heavy (non-hydrogen) atoms. The van der Waals surface area contributed by atoms with Crippen molar-refractivity contribution in [2.45, 2.75) is 18.8 Å². The van der Waals surface area contributed by atoms with E-state index >= 15 is 0 Å². The van der Waals surface area contributed by atoms with E-state index in [9.17, 15) is 19.3 Å². The van der Waals surface area contributed by atoms with Gasteiger partial charge in [-0.15, -0.1) is 0 Å². The first-order chi connectivity index (χ1) is 16.4. The molecule has 2 atom stereocenters. The molecule has 0 spiro atoms. The van der Waals surface area contributed by atoms with Crippen molar-refractivity contribution < 1.29 is 33.4 Å². The van der Waals surface area contributed by atoms with Crippen LogP contribution >= 0.6 is 0 Å². The number of nitrogens with zero attached hydrogens (tertiary/aromatic N) is 6. The third-order valence-electron chi connectivity index (χ3n) is 5.27. The van der Waals surface area contributed by atoms with Gasteiger partial charge in [0.2, 0.25) is 0 Å². The number of rotatable bonds is 6. The zero-order chi connectivity index (χ0) is 23.8. The molecule has 176 valence electrons. The summed E-state index contributed by atoms with van der Waals surface area (Å²) in [5, 5.41) is 20.0. The fourth-order valence-electron chi connectivity index (χ4n) is 3.63. The van der Waals surface area contributed by atoms with Crippen molar-refractivity contribution in [2.24, 2.45) is 0 Å². The molecule has 1 saturated heterocycles. The van der Waals surface area contributed by atoms with Crippen molar-refractivity contribution in [3.8, 4) is 23.1 Å². The molecule has 14 heteroatoms. The zero-order valence-electron chi connectivity index (χ0n) is 17.4. The van der Waals surface area contributed by atoms with Gasteiger partial charge in [0.1, 0.15) is 24.7 Å². The van der Waals surface area contributed by atoms with Crippen LogP contribution in [0, 0.1) is 15.9 Å². The molecule has 2 aliphatic rings. The van der Waals surface area contributed by atoms with Crippen LogP contribution in [0.5, 0.6) is 12.0 Å². The molecule has 1 amide bonds. The van der Waals surface area contributed by atoms with Crippen LogP contribution in [0.15, 0.2) is 36.8 Å². The fraction of sp³-hybridized carbons (Fsp3) is 0.300. The summed E-state index contributed by atoms with van der Waals surface area (Å²) in [5.74, 6) is -0.913. The summed E-state index contributed by atoms with van der Waals surface area (Å²) in [6.07, 6.45) is 2.23. The van der Waals surface area contributed by atoms with E-state index < -0.39 is 29.0 Å². The molecule has 0 saturated carbocycles. The van der Waals surface area contributed by atoms with E-state index in [-0.39, 0.29) is 49.7 Å². The molecule has 0 aliphatic carbocycles. The standard InChI is InChI=1S/C20H17FN6O7/c21-16-3-12(26-7-13(9-28)34-20(26)29)1-2-15(16)11-4-22-18(23-5-11)33-14-6-25-8-17(27(30)31)24-19(25)32-10-14/h1-5,8,13-14,28H,6-7,9-10H2. The first-order valence-corrected chi connectivity index (χ1v) is 10.1. The van der Waals surface area contributed by atoms with Gasteiger partial charge in [0, 0.05) is 28.5 Å². The number of ether oxygens (including phenoxy) is 3. The van der Waals surface area contributed by atoms with Gasteiger partial charge in [-0.1, -0.05) is 0 Å². The summed E-state index contributed by atoms with van der Waals surface area (Å²) in [6.45, 7) is 0.173. The Balaban J connectivity index is 1.26. The lowest BCUT2D eigenvalue weighted by molar-refractivity contribution is -0.389. The molecular weight excluding hydrogens is 455 g/mol. The number of carbonyl (C=O) groups is 1. The van der Waals surface area contributed by atoms with Crippen molar-refractivity contribution in [1.29, 1.82) is 0 Å². The minimum absolute atomic E-state index is 0.0299. The van der Waals surface area contributed by atoms with E-state index in [1.165, 1.54) is 40.2 Å². The number of imidazole rings is 1. The number of nitro groups is 1. The maximum absolute atomic E-state index is 14.8. The highest BCUT2D eigenvalue weighted by atomic mass is 19.1. The van der Waals surface area contributed by atoms with Crippen LogP contribution in [-0.4, -0.2) is 67.6 Å². The van der Waals surface area contributed by atoms with Gasteiger partial charge in [0.25, 0.3) is 0 Å². The van der Waals surface area contributed by atoms with Gasteiger partial charge in [-0.05, 0) is 23.1 Å². The number of aliphatic hydroxyl groups excluding tert-OH is 1. The Morgan fingerprint density at radius 2 is 2.09 bits per heavy atom. The first-order valence-electron chi connectivity index (χ1n) is 10.1. The van der Waals surface area contributed by atoms with Crippen molar-refractivity contribution in [1.82, 2.24) is 19.5 Å². The second kappa shape index (κ2) is 8.55. The summed E-state index contributed by atoms with van der Waals surface area (Å²) in [6, 6.07) is 4.41. The van der Waals surface area contributed by atoms with E-state index in [1.54, 1.807) is 6.07 Å². The average molecular weight is 472 g/mol. The van der Waals surface area contributed by atoms with E-state index in [1.807, 2.05) is 0 Å². The molecule has 1 N–H and O–H groups in total. The first kappa shape index (κ1) is 21.5. The van der Waals surface area contributed by atoms with Crippen LogP contribution in [0.3, 0.4) is 0 Å². The Kier molecular flexibility index (Phi) is 5.41. The summed E-state index contributed by atoms with van der Waals surface area (Å²) in [5.41, 5.74) is 0.915. The van der Waals surface area contributed by atoms with Crippen LogP contribution < -0.4 is 14.4 Å². The number of halogens is 1. The molecule has 2 aromatic heterocycles. The highest BCUT2D eigenvalue weighted by Crippen LogP contribution is 2.29. The predicted molar refractivity (Wildman–Crippen MR) is 111 cm³/mol. The molecule has 1 fully saturated rings. The van der Waals surface area contributed by atoms with Crippen LogP contribution in [0.2, 0.25) is 0 Å². The van der Waals surface area contributed by atoms with E-state index in [0.717, 1.165) is 0 Å². The number of carbonyl (C=O) groups excluding carboxylic acids is 1. The van der Waals surface area contributed by atoms with Crippen molar-refractivity contribution in [3.63, 3.8) is 0 Å². The number of hydrogen-bond donors (Lipinski definition) is 1. The third kappa shape index (κ3) is 4.05. The van der Waals surface area contributed by atoms with E-state index in [0.29, 0.717) is 11.3 Å². The van der Waals surface area contributed by atoms with Gasteiger partial charge in [-0.3, -0.25) is 9.47 Å². The molecule has 1 aromatic carbocycles. The normalized spacial score (nSPS) is 19.4. The second-order valence-corrected chi connectivity index (χ2v) is 7.56. The van der Waals surface area contributed by atoms with Gasteiger partial charge in [0.15, 0.2) is 6.10 Å². The number of fused-ring (bicyclic) bond motifs is 1. The summed E-state index contributed by atoms with van der Waals surface area (Å²) < 4.78 is 32.3. The number of amides is 1. The summed E-state index contributed by atoms with van der Waals surface area (Å²) in [4.78, 5) is 35.4. The lowest BCUT2D eigenvalue weighted by Crippen LogP contribution is -2.34. The molecule has 2 unspecified atom stereocenters. The lowest BCUT2D eigenvalue weighted by atomic mass is 10.1. The molecule has 13 nitrogen and oxygen atoms in total. The molecule has 0 radical (unpaired) electrons. The molecule has 5 rings (SSSR count). The average Bonchev–Trinajstić information content (AvgIpc) is 3.43. The summed E-state index contributed by atoms with van der Waals surface area (Å²) in [7, 11) is 0. The van der Waals surface area contributed by atoms with Crippen molar-refractivity contribution >= 4 is 17.6 Å². The maximum atomic E-state index is 14.8. The van der Waals surface area contributed by atoms with Crippen LogP contribution in [-0.2, 0) is 11.3 Å². The zero-order valence-corrected chi connectivity index (χ0v) is 17.4. The van der Waals surface area contributed by atoms with Crippen molar-refractivity contribution in [2.75, 3.05) is 24.7 Å². The minimum atomic E-state index is -0.653. The Labute approximate surface area is 190 Å². The smallest absolute Gasteiger partial charge is 0.414 e. The van der Waals surface area contributed by atoms with E-state index in [2.05, 4.69) is 15.0 Å². The quantitative estimate of drug-likeness (QED) is 0.412. The number of benzene rings is 1. The van der Waals surface area contributed by atoms with Gasteiger partial charge in [0.05, 0.1) is 25.4 Å². The molecule has 4 heterocycles. The highest BCUT2D eigenvalue weighted by Gasteiger charge is 2.32. The molecule has 0 bridgehead atoms. The number of cyclic esters (lactones) is 1. The minimum Gasteiger partial charge on any atom is -0.455 e. The largest absolute Gasteiger partial charge is 0.455 e. The van der Waals surface area contributed by atoms with Crippen LogP contribution in [0.4, 0.5) is 20.7 Å². The monoisotopic (exact) mass is 472 g/mol. The van der Waals surface area contributed by atoms with Crippen molar-refractivity contribution in [3.05, 3.63) is 52.7 Å². The Morgan fingerprint density at radius 3 is 2.76 bits per heavy atom. The van der Waals surface area contributed by atoms with Gasteiger partial charge >= 0.3 is 23.9 Å². The van der Waals surface area contributed by atoms with Gasteiger partial charge in [-0.2, -0.15) is 0 Å².